The third kappa shape index (κ3) is 4.19. The van der Waals surface area contributed by atoms with Gasteiger partial charge in [-0.15, -0.1) is 0 Å². The minimum Gasteiger partial charge on any atom is -0.341 e. The average molecular weight is 374 g/mol. The topological polar surface area (TPSA) is 92.3 Å². The maximum absolute atomic E-state index is 12.5. The molecule has 1 saturated heterocycles. The molecule has 138 valence electrons. The van der Waals surface area contributed by atoms with E-state index in [2.05, 4.69) is 26.5 Å². The fraction of sp³-hybridized carbons (Fsp3) is 0.389. The Morgan fingerprint density at radius 3 is 2.46 bits per heavy atom. The van der Waals surface area contributed by atoms with Gasteiger partial charge in [0.15, 0.2) is 5.78 Å². The van der Waals surface area contributed by atoms with Gasteiger partial charge in [-0.05, 0) is 37.8 Å². The Hall–Kier alpha value is -2.48. The largest absolute Gasteiger partial charge is 0.341 e. The molecule has 7 nitrogen and oxygen atoms in total. The highest BCUT2D eigenvalue weighted by Crippen LogP contribution is 2.21. The van der Waals surface area contributed by atoms with Crippen LogP contribution in [0.5, 0.6) is 0 Å². The number of piperidine rings is 1. The highest BCUT2D eigenvalue weighted by atomic mass is 32.2. The van der Waals surface area contributed by atoms with E-state index in [1.165, 1.54) is 31.5 Å². The molecular formula is C18H22N4O3S. The Morgan fingerprint density at radius 2 is 1.85 bits per heavy atom. The fourth-order valence-corrected chi connectivity index (χ4v) is 3.92. The first-order valence-corrected chi connectivity index (χ1v) is 10.0. The lowest BCUT2D eigenvalue weighted by molar-refractivity contribution is 0.101. The summed E-state index contributed by atoms with van der Waals surface area (Å²) in [6.07, 6.45) is 5.13. The van der Waals surface area contributed by atoms with Crippen LogP contribution >= 0.6 is 0 Å². The predicted molar refractivity (Wildman–Crippen MR) is 99.9 cm³/mol. The fourth-order valence-electron chi connectivity index (χ4n) is 2.84. The molecular weight excluding hydrogens is 352 g/mol. The van der Waals surface area contributed by atoms with Gasteiger partial charge in [-0.1, -0.05) is 19.1 Å². The summed E-state index contributed by atoms with van der Waals surface area (Å²) < 4.78 is 27.5. The number of nitrogens with one attached hydrogen (secondary N) is 1. The molecule has 1 fully saturated rings. The second-order valence-corrected chi connectivity index (χ2v) is 8.31. The highest BCUT2D eigenvalue weighted by molar-refractivity contribution is 7.92. The van der Waals surface area contributed by atoms with Gasteiger partial charge in [-0.2, -0.15) is 0 Å². The summed E-state index contributed by atoms with van der Waals surface area (Å²) in [7, 11) is -3.81. The van der Waals surface area contributed by atoms with Gasteiger partial charge in [0.2, 0.25) is 5.95 Å². The summed E-state index contributed by atoms with van der Waals surface area (Å²) >= 11 is 0. The van der Waals surface area contributed by atoms with Gasteiger partial charge in [0, 0.05) is 18.7 Å². The third-order valence-electron chi connectivity index (χ3n) is 4.51. The first-order valence-electron chi connectivity index (χ1n) is 8.56. The molecule has 1 aliphatic rings. The van der Waals surface area contributed by atoms with Crippen LogP contribution in [0.1, 0.15) is 37.0 Å². The number of hydrogen-bond acceptors (Lipinski definition) is 6. The standard InChI is InChI=1S/C18H22N4O3S/c1-13-6-8-22(9-7-13)18-19-11-16(12-20-18)21-26(24,25)17-5-3-4-15(10-17)14(2)23/h3-5,10-13,21H,6-9H2,1-2H3. The molecule has 1 aliphatic heterocycles. The summed E-state index contributed by atoms with van der Waals surface area (Å²) in [5.74, 6) is 1.13. The van der Waals surface area contributed by atoms with Crippen molar-refractivity contribution < 1.29 is 13.2 Å². The number of Topliss-reactive ketones (excluding diaryl/α,β-unsaturated/α-hetero) is 1. The minimum atomic E-state index is -3.81. The smallest absolute Gasteiger partial charge is 0.262 e. The number of carbonyl (C=O) groups is 1. The lowest BCUT2D eigenvalue weighted by Gasteiger charge is -2.30. The summed E-state index contributed by atoms with van der Waals surface area (Å²) in [5.41, 5.74) is 0.631. The molecule has 0 saturated carbocycles. The molecule has 1 N–H and O–H groups in total. The van der Waals surface area contributed by atoms with E-state index in [0.717, 1.165) is 25.9 Å². The number of anilines is 2. The van der Waals surface area contributed by atoms with E-state index in [4.69, 9.17) is 0 Å². The first kappa shape index (κ1) is 18.3. The number of aromatic nitrogens is 2. The summed E-state index contributed by atoms with van der Waals surface area (Å²) in [6, 6.07) is 5.93. The SMILES string of the molecule is CC(=O)c1cccc(S(=O)(=O)Nc2cnc(N3CCC(C)CC3)nc2)c1. The molecule has 2 aromatic rings. The van der Waals surface area contributed by atoms with E-state index >= 15 is 0 Å². The van der Waals surface area contributed by atoms with Gasteiger partial charge in [-0.25, -0.2) is 18.4 Å². The minimum absolute atomic E-state index is 0.0271. The number of sulfonamides is 1. The Bertz CT molecular complexity index is 889. The lowest BCUT2D eigenvalue weighted by atomic mass is 10.00. The molecule has 1 aromatic carbocycles. The maximum Gasteiger partial charge on any atom is 0.262 e. The maximum atomic E-state index is 12.5. The second-order valence-electron chi connectivity index (χ2n) is 6.63. The van der Waals surface area contributed by atoms with Gasteiger partial charge >= 0.3 is 0 Å². The van der Waals surface area contributed by atoms with Crippen molar-refractivity contribution in [2.45, 2.75) is 31.6 Å². The molecule has 0 aliphatic carbocycles. The van der Waals surface area contributed by atoms with Crippen LogP contribution in [0.4, 0.5) is 11.6 Å². The molecule has 0 amide bonds. The zero-order valence-electron chi connectivity index (χ0n) is 14.8. The highest BCUT2D eigenvalue weighted by Gasteiger charge is 2.19. The third-order valence-corrected chi connectivity index (χ3v) is 5.89. The van der Waals surface area contributed by atoms with Gasteiger partial charge in [0.25, 0.3) is 10.0 Å². The first-order chi connectivity index (χ1) is 12.3. The van der Waals surface area contributed by atoms with E-state index in [9.17, 15) is 13.2 Å². The number of rotatable bonds is 5. The molecule has 1 aromatic heterocycles. The van der Waals surface area contributed by atoms with Gasteiger partial charge in [0.05, 0.1) is 23.0 Å². The Labute approximate surface area is 153 Å². The van der Waals surface area contributed by atoms with E-state index < -0.39 is 10.0 Å². The van der Waals surface area contributed by atoms with Crippen LogP contribution in [-0.4, -0.2) is 37.3 Å². The second kappa shape index (κ2) is 7.41. The van der Waals surface area contributed by atoms with Crippen molar-refractivity contribution in [3.63, 3.8) is 0 Å². The molecule has 0 radical (unpaired) electrons. The Morgan fingerprint density at radius 1 is 1.19 bits per heavy atom. The summed E-state index contributed by atoms with van der Waals surface area (Å²) in [5, 5.41) is 0. The molecule has 2 heterocycles. The molecule has 0 atom stereocenters. The number of benzene rings is 1. The molecule has 0 unspecified atom stereocenters. The van der Waals surface area contributed by atoms with Crippen LogP contribution in [0.15, 0.2) is 41.6 Å². The van der Waals surface area contributed by atoms with Crippen molar-refractivity contribution >= 4 is 27.4 Å². The zero-order valence-corrected chi connectivity index (χ0v) is 15.7. The molecule has 3 rings (SSSR count). The van der Waals surface area contributed by atoms with Crippen molar-refractivity contribution in [3.05, 3.63) is 42.2 Å². The number of hydrogen-bond donors (Lipinski definition) is 1. The van der Waals surface area contributed by atoms with Crippen molar-refractivity contribution in [1.29, 1.82) is 0 Å². The quantitative estimate of drug-likeness (QED) is 0.809. The van der Waals surface area contributed by atoms with Crippen molar-refractivity contribution in [2.75, 3.05) is 22.7 Å². The van der Waals surface area contributed by atoms with Crippen LogP contribution in [0, 0.1) is 5.92 Å². The van der Waals surface area contributed by atoms with Gasteiger partial charge in [0.1, 0.15) is 0 Å². The lowest BCUT2D eigenvalue weighted by Crippen LogP contribution is -2.34. The zero-order chi connectivity index (χ0) is 18.7. The van der Waals surface area contributed by atoms with E-state index in [1.54, 1.807) is 12.1 Å². The monoisotopic (exact) mass is 374 g/mol. The van der Waals surface area contributed by atoms with E-state index in [1.807, 2.05) is 0 Å². The Balaban J connectivity index is 1.74. The number of carbonyl (C=O) groups excluding carboxylic acids is 1. The van der Waals surface area contributed by atoms with Gasteiger partial charge in [-0.3, -0.25) is 9.52 Å². The summed E-state index contributed by atoms with van der Waals surface area (Å²) in [6.45, 7) is 5.44. The van der Waals surface area contributed by atoms with Crippen molar-refractivity contribution in [2.24, 2.45) is 5.92 Å². The van der Waals surface area contributed by atoms with Crippen molar-refractivity contribution in [1.82, 2.24) is 9.97 Å². The molecule has 0 bridgehead atoms. The Kier molecular flexibility index (Phi) is 5.22. The van der Waals surface area contributed by atoms with Crippen LogP contribution in [0.25, 0.3) is 0 Å². The van der Waals surface area contributed by atoms with Crippen LogP contribution in [0.2, 0.25) is 0 Å². The van der Waals surface area contributed by atoms with Crippen LogP contribution < -0.4 is 9.62 Å². The van der Waals surface area contributed by atoms with Crippen molar-refractivity contribution in [3.8, 4) is 0 Å². The van der Waals surface area contributed by atoms with Crippen LogP contribution in [-0.2, 0) is 10.0 Å². The van der Waals surface area contributed by atoms with Crippen LogP contribution in [0.3, 0.4) is 0 Å². The average Bonchev–Trinajstić information content (AvgIpc) is 2.63. The normalized spacial score (nSPS) is 15.7. The number of nitrogens with zero attached hydrogens (tertiary/aromatic N) is 3. The number of ketones is 1. The predicted octanol–water partition coefficient (Wildman–Crippen LogP) is 2.72. The van der Waals surface area contributed by atoms with E-state index in [-0.39, 0.29) is 16.4 Å². The summed E-state index contributed by atoms with van der Waals surface area (Å²) in [4.78, 5) is 22.2. The molecule has 26 heavy (non-hydrogen) atoms. The van der Waals surface area contributed by atoms with E-state index in [0.29, 0.717) is 17.4 Å². The van der Waals surface area contributed by atoms with Gasteiger partial charge < -0.3 is 4.90 Å². The molecule has 0 spiro atoms. The molecule has 8 heteroatoms.